The normalized spacial score (nSPS) is 18.8. The van der Waals surface area contributed by atoms with E-state index in [1.165, 1.54) is 35.1 Å². The summed E-state index contributed by atoms with van der Waals surface area (Å²) in [6.45, 7) is 1.22. The molecule has 1 fully saturated rings. The molecule has 1 saturated heterocycles. The van der Waals surface area contributed by atoms with Gasteiger partial charge in [-0.25, -0.2) is 0 Å². The van der Waals surface area contributed by atoms with Crippen LogP contribution in [0.3, 0.4) is 0 Å². The van der Waals surface area contributed by atoms with Gasteiger partial charge in [-0.2, -0.15) is 7.20 Å². The first-order valence-electron chi connectivity index (χ1n) is 7.36. The SMILES string of the molecule is COCCOc1ccc(S2(I)CCCC2)c2ccccc12. The molecule has 0 radical (unpaired) electrons. The standard InChI is InChI=1S/C17H21IO2S/c1-19-10-11-20-16-8-9-17(21(18)12-4-5-13-21)15-7-3-2-6-14(15)16/h2-3,6-9H,4-5,10-13H2,1H3. The molecule has 1 heterocycles. The third-order valence-corrected chi connectivity index (χ3v) is 11.1. The number of ether oxygens (including phenoxy) is 2. The van der Waals surface area contributed by atoms with Crippen LogP contribution >= 0.6 is 28.4 Å². The zero-order valence-electron chi connectivity index (χ0n) is 12.3. The maximum atomic E-state index is 5.89. The van der Waals surface area contributed by atoms with Gasteiger partial charge in [0.15, 0.2) is 0 Å². The van der Waals surface area contributed by atoms with Crippen LogP contribution in [-0.2, 0) is 4.74 Å². The average Bonchev–Trinajstić information content (AvgIpc) is 2.95. The Hall–Kier alpha value is -0.460. The van der Waals surface area contributed by atoms with Gasteiger partial charge in [-0.1, -0.05) is 24.3 Å². The van der Waals surface area contributed by atoms with Crippen LogP contribution in [0.5, 0.6) is 5.75 Å². The highest BCUT2D eigenvalue weighted by Gasteiger charge is 2.29. The number of hydrogen-bond donors (Lipinski definition) is 0. The van der Waals surface area contributed by atoms with Crippen LogP contribution in [0.25, 0.3) is 10.8 Å². The molecule has 0 saturated carbocycles. The van der Waals surface area contributed by atoms with Crippen LogP contribution in [-0.4, -0.2) is 31.8 Å². The lowest BCUT2D eigenvalue weighted by atomic mass is 10.1. The molecule has 4 heteroatoms. The molecule has 0 aromatic heterocycles. The van der Waals surface area contributed by atoms with E-state index in [9.17, 15) is 0 Å². The van der Waals surface area contributed by atoms with Crippen molar-refractivity contribution >= 4 is 39.2 Å². The molecule has 0 atom stereocenters. The van der Waals surface area contributed by atoms with E-state index in [1.54, 1.807) is 12.0 Å². The fraction of sp³-hybridized carbons (Fsp3) is 0.412. The summed E-state index contributed by atoms with van der Waals surface area (Å²) >= 11 is 2.75. The van der Waals surface area contributed by atoms with Crippen molar-refractivity contribution < 1.29 is 9.47 Å². The van der Waals surface area contributed by atoms with E-state index in [4.69, 9.17) is 9.47 Å². The topological polar surface area (TPSA) is 18.5 Å². The Bertz CT molecular complexity index is 623. The lowest BCUT2D eigenvalue weighted by Crippen LogP contribution is -2.05. The minimum absolute atomic E-state index is 0.599. The number of rotatable bonds is 5. The fourth-order valence-electron chi connectivity index (χ4n) is 2.91. The maximum Gasteiger partial charge on any atom is 0.127 e. The van der Waals surface area contributed by atoms with Crippen LogP contribution in [0.15, 0.2) is 41.3 Å². The molecule has 0 spiro atoms. The van der Waals surface area contributed by atoms with Crippen LogP contribution in [0.4, 0.5) is 0 Å². The summed E-state index contributed by atoms with van der Waals surface area (Å²) in [6, 6.07) is 13.1. The van der Waals surface area contributed by atoms with Crippen molar-refractivity contribution in [3.63, 3.8) is 0 Å². The number of methoxy groups -OCH3 is 1. The molecule has 3 rings (SSSR count). The molecule has 0 N–H and O–H groups in total. The van der Waals surface area contributed by atoms with Crippen molar-refractivity contribution in [2.45, 2.75) is 17.7 Å². The predicted octanol–water partition coefficient (Wildman–Crippen LogP) is 5.17. The number of fused-ring (bicyclic) bond motifs is 1. The Labute approximate surface area is 140 Å². The second kappa shape index (κ2) is 6.75. The molecular formula is C17H21IO2S. The van der Waals surface area contributed by atoms with Gasteiger partial charge in [-0.05, 0) is 63.1 Å². The van der Waals surface area contributed by atoms with Crippen molar-refractivity contribution in [3.8, 4) is 5.75 Å². The van der Waals surface area contributed by atoms with Gasteiger partial charge < -0.3 is 9.47 Å². The first-order chi connectivity index (χ1) is 10.2. The third kappa shape index (κ3) is 3.17. The zero-order valence-corrected chi connectivity index (χ0v) is 15.3. The van der Waals surface area contributed by atoms with Crippen molar-refractivity contribution in [2.75, 3.05) is 31.8 Å². The number of hydrogen-bond acceptors (Lipinski definition) is 2. The summed E-state index contributed by atoms with van der Waals surface area (Å²) in [5.74, 6) is 3.70. The minimum atomic E-state index is -0.661. The first-order valence-corrected chi connectivity index (χ1v) is 11.9. The predicted molar refractivity (Wildman–Crippen MR) is 100 cm³/mol. The van der Waals surface area contributed by atoms with Crippen molar-refractivity contribution in [1.29, 1.82) is 0 Å². The van der Waals surface area contributed by atoms with Gasteiger partial charge >= 0.3 is 0 Å². The summed E-state index contributed by atoms with van der Waals surface area (Å²) in [7, 11) is 1.04. The summed E-state index contributed by atoms with van der Waals surface area (Å²) in [4.78, 5) is 1.55. The van der Waals surface area contributed by atoms with Crippen molar-refractivity contribution in [2.24, 2.45) is 0 Å². The molecule has 0 aliphatic carbocycles. The van der Waals surface area contributed by atoms with Gasteiger partial charge in [-0.15, -0.1) is 0 Å². The highest BCUT2D eigenvalue weighted by Crippen LogP contribution is 2.68. The molecule has 2 aromatic rings. The minimum Gasteiger partial charge on any atom is -0.491 e. The Morgan fingerprint density at radius 1 is 1.00 bits per heavy atom. The smallest absolute Gasteiger partial charge is 0.127 e. The lowest BCUT2D eigenvalue weighted by molar-refractivity contribution is 0.147. The van der Waals surface area contributed by atoms with Crippen molar-refractivity contribution in [1.82, 2.24) is 0 Å². The van der Waals surface area contributed by atoms with Crippen LogP contribution < -0.4 is 4.74 Å². The zero-order chi connectivity index (χ0) is 14.7. The van der Waals surface area contributed by atoms with Gasteiger partial charge in [0.25, 0.3) is 0 Å². The van der Waals surface area contributed by atoms with E-state index in [-0.39, 0.29) is 0 Å². The molecule has 2 aromatic carbocycles. The molecular weight excluding hydrogens is 395 g/mol. The van der Waals surface area contributed by atoms with E-state index in [0.29, 0.717) is 13.2 Å². The monoisotopic (exact) mass is 416 g/mol. The molecule has 114 valence electrons. The van der Waals surface area contributed by atoms with Gasteiger partial charge in [0, 0.05) is 17.4 Å². The van der Waals surface area contributed by atoms with Crippen LogP contribution in [0.1, 0.15) is 12.8 Å². The van der Waals surface area contributed by atoms with Crippen LogP contribution in [0.2, 0.25) is 0 Å². The summed E-state index contributed by atoms with van der Waals surface area (Å²) in [5.41, 5.74) is 0. The summed E-state index contributed by atoms with van der Waals surface area (Å²) < 4.78 is 11.0. The second-order valence-corrected chi connectivity index (χ2v) is 13.2. The number of halogens is 1. The van der Waals surface area contributed by atoms with Gasteiger partial charge in [0.05, 0.1) is 6.61 Å². The molecule has 21 heavy (non-hydrogen) atoms. The third-order valence-electron chi connectivity index (χ3n) is 3.97. The fourth-order valence-corrected chi connectivity index (χ4v) is 8.78. The largest absolute Gasteiger partial charge is 0.491 e. The van der Waals surface area contributed by atoms with E-state index >= 15 is 0 Å². The molecule has 1 aliphatic rings. The van der Waals surface area contributed by atoms with E-state index in [1.807, 2.05) is 0 Å². The van der Waals surface area contributed by atoms with Crippen LogP contribution in [0, 0.1) is 0 Å². The van der Waals surface area contributed by atoms with Gasteiger partial charge in [-0.3, -0.25) is 0 Å². The van der Waals surface area contributed by atoms with Crippen molar-refractivity contribution in [3.05, 3.63) is 36.4 Å². The Morgan fingerprint density at radius 2 is 1.71 bits per heavy atom. The Kier molecular flexibility index (Phi) is 4.96. The highest BCUT2D eigenvalue weighted by atomic mass is 127. The molecule has 0 unspecified atom stereocenters. The van der Waals surface area contributed by atoms with Gasteiger partial charge in [0.1, 0.15) is 12.4 Å². The lowest BCUT2D eigenvalue weighted by Gasteiger charge is -2.30. The number of benzene rings is 2. The quantitative estimate of drug-likeness (QED) is 0.495. The Morgan fingerprint density at radius 3 is 2.43 bits per heavy atom. The first kappa shape index (κ1) is 15.4. The molecule has 0 amide bonds. The molecule has 0 bridgehead atoms. The summed E-state index contributed by atoms with van der Waals surface area (Å²) in [6.07, 6.45) is 2.75. The van der Waals surface area contributed by atoms with Gasteiger partial charge in [0.2, 0.25) is 0 Å². The summed E-state index contributed by atoms with van der Waals surface area (Å²) in [5, 5.41) is 2.61. The van der Waals surface area contributed by atoms with E-state index in [0.717, 1.165) is 5.75 Å². The Balaban J connectivity index is 2.02. The highest BCUT2D eigenvalue weighted by molar-refractivity contribution is 14.2. The molecule has 1 aliphatic heterocycles. The average molecular weight is 416 g/mol. The second-order valence-electron chi connectivity index (χ2n) is 5.35. The van der Waals surface area contributed by atoms with E-state index in [2.05, 4.69) is 57.6 Å². The maximum absolute atomic E-state index is 5.89. The van der Waals surface area contributed by atoms with E-state index < -0.39 is 7.20 Å². The molecule has 2 nitrogen and oxygen atoms in total.